The average Bonchev–Trinajstić information content (AvgIpc) is 2.83. The van der Waals surface area contributed by atoms with E-state index in [2.05, 4.69) is 0 Å². The lowest BCUT2D eigenvalue weighted by Gasteiger charge is -2.07. The molecule has 0 aliphatic carbocycles. The van der Waals surface area contributed by atoms with Gasteiger partial charge in [-0.2, -0.15) is 0 Å². The highest BCUT2D eigenvalue weighted by Gasteiger charge is 2.16. The summed E-state index contributed by atoms with van der Waals surface area (Å²) in [6, 6.07) is 5.43. The monoisotopic (exact) mass is 256 g/mol. The number of hydrogen-bond donors (Lipinski definition) is 0. The van der Waals surface area contributed by atoms with E-state index in [-0.39, 0.29) is 6.79 Å². The largest absolute Gasteiger partial charge is 0.454 e. The molecule has 0 radical (unpaired) electrons. The summed E-state index contributed by atoms with van der Waals surface area (Å²) in [5.41, 5.74) is 0.837. The van der Waals surface area contributed by atoms with Crippen LogP contribution in [0, 0.1) is 0 Å². The second kappa shape index (κ2) is 4.92. The Morgan fingerprint density at radius 1 is 1.24 bits per heavy atom. The summed E-state index contributed by atoms with van der Waals surface area (Å²) < 4.78 is 31.8. The van der Waals surface area contributed by atoms with Gasteiger partial charge in [-0.3, -0.25) is 4.57 Å². The molecule has 2 rings (SSSR count). The molecule has 0 N–H and O–H groups in total. The first-order valence-corrected chi connectivity index (χ1v) is 6.58. The maximum Gasteiger partial charge on any atom is 0.353 e. The molecule has 17 heavy (non-hydrogen) atoms. The third kappa shape index (κ3) is 2.69. The van der Waals surface area contributed by atoms with Crippen LogP contribution in [0.3, 0.4) is 0 Å². The molecule has 1 aliphatic heterocycles. The average molecular weight is 256 g/mol. The molecule has 1 aromatic rings. The first-order chi connectivity index (χ1) is 8.17. The first-order valence-electron chi connectivity index (χ1n) is 4.97. The van der Waals surface area contributed by atoms with Crippen LogP contribution >= 0.6 is 7.60 Å². The smallest absolute Gasteiger partial charge is 0.353 e. The fourth-order valence-electron chi connectivity index (χ4n) is 1.39. The van der Waals surface area contributed by atoms with Crippen molar-refractivity contribution in [2.75, 3.05) is 21.0 Å². The molecular formula is C11H13O5P. The maximum absolute atomic E-state index is 11.8. The van der Waals surface area contributed by atoms with Gasteiger partial charge in [-0.15, -0.1) is 0 Å². The van der Waals surface area contributed by atoms with E-state index >= 15 is 0 Å². The third-order valence-electron chi connectivity index (χ3n) is 2.36. The van der Waals surface area contributed by atoms with Crippen LogP contribution < -0.4 is 9.47 Å². The summed E-state index contributed by atoms with van der Waals surface area (Å²) >= 11 is 0. The zero-order chi connectivity index (χ0) is 12.3. The molecule has 0 saturated carbocycles. The highest BCUT2D eigenvalue weighted by atomic mass is 31.2. The minimum atomic E-state index is -3.12. The summed E-state index contributed by atoms with van der Waals surface area (Å²) in [6.07, 6.45) is 1.66. The van der Waals surface area contributed by atoms with Crippen molar-refractivity contribution in [3.63, 3.8) is 0 Å². The number of benzene rings is 1. The number of ether oxygens (including phenoxy) is 2. The van der Waals surface area contributed by atoms with Gasteiger partial charge in [0, 0.05) is 20.0 Å². The van der Waals surface area contributed by atoms with E-state index in [1.165, 1.54) is 20.0 Å². The van der Waals surface area contributed by atoms with Crippen LogP contribution in [0.25, 0.3) is 6.08 Å². The van der Waals surface area contributed by atoms with Crippen molar-refractivity contribution in [3.8, 4) is 11.5 Å². The molecule has 6 heteroatoms. The predicted molar refractivity (Wildman–Crippen MR) is 63.2 cm³/mol. The van der Waals surface area contributed by atoms with E-state index in [0.29, 0.717) is 11.5 Å². The van der Waals surface area contributed by atoms with Gasteiger partial charge < -0.3 is 18.5 Å². The molecule has 1 heterocycles. The molecule has 0 amide bonds. The molecular weight excluding hydrogens is 243 g/mol. The van der Waals surface area contributed by atoms with E-state index < -0.39 is 7.60 Å². The standard InChI is InChI=1S/C11H13O5P/c1-13-17(12,14-2)6-5-9-3-4-10-11(7-9)16-8-15-10/h3-7H,8H2,1-2H3/b6-5+. The van der Waals surface area contributed by atoms with Crippen LogP contribution in [-0.2, 0) is 13.6 Å². The fraction of sp³-hybridized carbons (Fsp3) is 0.273. The Morgan fingerprint density at radius 3 is 2.65 bits per heavy atom. The molecule has 0 aromatic heterocycles. The van der Waals surface area contributed by atoms with Crippen molar-refractivity contribution in [2.24, 2.45) is 0 Å². The third-order valence-corrected chi connectivity index (χ3v) is 3.89. The van der Waals surface area contributed by atoms with Crippen LogP contribution in [-0.4, -0.2) is 21.0 Å². The molecule has 1 aliphatic rings. The van der Waals surface area contributed by atoms with E-state index in [4.69, 9.17) is 18.5 Å². The van der Waals surface area contributed by atoms with Crippen molar-refractivity contribution < 1.29 is 23.1 Å². The Labute approximate surface area is 99.5 Å². The molecule has 92 valence electrons. The number of fused-ring (bicyclic) bond motifs is 1. The van der Waals surface area contributed by atoms with E-state index in [1.807, 2.05) is 6.07 Å². The summed E-state index contributed by atoms with van der Waals surface area (Å²) in [5, 5.41) is 0. The van der Waals surface area contributed by atoms with Gasteiger partial charge in [-0.05, 0) is 23.8 Å². The zero-order valence-corrected chi connectivity index (χ0v) is 10.5. The number of hydrogen-bond acceptors (Lipinski definition) is 5. The van der Waals surface area contributed by atoms with E-state index in [0.717, 1.165) is 5.56 Å². The quantitative estimate of drug-likeness (QED) is 0.775. The van der Waals surface area contributed by atoms with Gasteiger partial charge in [0.2, 0.25) is 6.79 Å². The minimum Gasteiger partial charge on any atom is -0.454 e. The van der Waals surface area contributed by atoms with E-state index in [1.54, 1.807) is 18.2 Å². The normalized spacial score (nSPS) is 14.5. The van der Waals surface area contributed by atoms with Crippen LogP contribution in [0.4, 0.5) is 0 Å². The van der Waals surface area contributed by atoms with E-state index in [9.17, 15) is 4.57 Å². The van der Waals surface area contributed by atoms with Crippen molar-refractivity contribution in [1.29, 1.82) is 0 Å². The molecule has 0 unspecified atom stereocenters. The molecule has 0 fully saturated rings. The van der Waals surface area contributed by atoms with Crippen molar-refractivity contribution in [1.82, 2.24) is 0 Å². The molecule has 0 spiro atoms. The van der Waals surface area contributed by atoms with Gasteiger partial charge >= 0.3 is 7.60 Å². The van der Waals surface area contributed by atoms with Crippen LogP contribution in [0.15, 0.2) is 24.0 Å². The van der Waals surface area contributed by atoms with Crippen LogP contribution in [0.1, 0.15) is 5.56 Å². The lowest BCUT2D eigenvalue weighted by molar-refractivity contribution is 0.174. The molecule has 0 atom stereocenters. The Hall–Kier alpha value is -1.29. The van der Waals surface area contributed by atoms with Gasteiger partial charge in [0.15, 0.2) is 11.5 Å². The SMILES string of the molecule is COP(=O)(/C=C/c1ccc2c(c1)OCO2)OC. The second-order valence-electron chi connectivity index (χ2n) is 3.33. The topological polar surface area (TPSA) is 54.0 Å². The van der Waals surface area contributed by atoms with Crippen LogP contribution in [0.2, 0.25) is 0 Å². The second-order valence-corrected chi connectivity index (χ2v) is 5.44. The lowest BCUT2D eigenvalue weighted by Crippen LogP contribution is -1.92. The van der Waals surface area contributed by atoms with Gasteiger partial charge in [0.05, 0.1) is 0 Å². The summed E-state index contributed by atoms with van der Waals surface area (Å²) in [4.78, 5) is 0. The Bertz CT molecular complexity index is 475. The fourth-order valence-corrected chi connectivity index (χ4v) is 2.14. The Balaban J connectivity index is 2.19. The zero-order valence-electron chi connectivity index (χ0n) is 9.58. The lowest BCUT2D eigenvalue weighted by atomic mass is 10.2. The van der Waals surface area contributed by atoms with Crippen LogP contribution in [0.5, 0.6) is 11.5 Å². The molecule has 5 nitrogen and oxygen atoms in total. The molecule has 1 aromatic carbocycles. The molecule has 0 saturated heterocycles. The van der Waals surface area contributed by atoms with Crippen molar-refractivity contribution in [3.05, 3.63) is 29.6 Å². The van der Waals surface area contributed by atoms with Gasteiger partial charge in [-0.25, -0.2) is 0 Å². The highest BCUT2D eigenvalue weighted by molar-refractivity contribution is 7.57. The summed E-state index contributed by atoms with van der Waals surface area (Å²) in [5.74, 6) is 2.80. The molecule has 0 bridgehead atoms. The maximum atomic E-state index is 11.8. The van der Waals surface area contributed by atoms with Gasteiger partial charge in [0.1, 0.15) is 0 Å². The summed E-state index contributed by atoms with van der Waals surface area (Å²) in [6.45, 7) is 0.233. The number of rotatable bonds is 4. The van der Waals surface area contributed by atoms with Gasteiger partial charge in [0.25, 0.3) is 0 Å². The van der Waals surface area contributed by atoms with Gasteiger partial charge in [-0.1, -0.05) is 6.07 Å². The van der Waals surface area contributed by atoms with Crippen molar-refractivity contribution >= 4 is 13.7 Å². The first kappa shape index (κ1) is 12.2. The highest BCUT2D eigenvalue weighted by Crippen LogP contribution is 2.48. The minimum absolute atomic E-state index is 0.233. The predicted octanol–water partition coefficient (Wildman–Crippen LogP) is 2.87. The Morgan fingerprint density at radius 2 is 1.94 bits per heavy atom. The summed E-state index contributed by atoms with van der Waals surface area (Å²) in [7, 11) is -0.436. The Kier molecular flexibility index (Phi) is 3.52. The van der Waals surface area contributed by atoms with Crippen molar-refractivity contribution in [2.45, 2.75) is 0 Å².